The SMILES string of the molecule is NS(=O)(=O)c1ccc(CCNC(=O)c2ccc(Cl)c(S(=O)(=O)N3CCCCCC3)c2)cc1. The molecule has 2 aromatic rings. The highest BCUT2D eigenvalue weighted by atomic mass is 35.5. The van der Waals surface area contributed by atoms with Crippen molar-refractivity contribution in [1.29, 1.82) is 0 Å². The Morgan fingerprint density at radius 2 is 1.59 bits per heavy atom. The van der Waals surface area contributed by atoms with Crippen LogP contribution >= 0.6 is 11.6 Å². The quantitative estimate of drug-likeness (QED) is 0.605. The lowest BCUT2D eigenvalue weighted by molar-refractivity contribution is 0.0954. The molecule has 0 unspecified atom stereocenters. The van der Waals surface area contributed by atoms with Crippen LogP contribution in [0.5, 0.6) is 0 Å². The molecule has 1 fully saturated rings. The average Bonchev–Trinajstić information content (AvgIpc) is 3.04. The van der Waals surface area contributed by atoms with Gasteiger partial charge in [-0.2, -0.15) is 4.31 Å². The summed E-state index contributed by atoms with van der Waals surface area (Å²) in [5.41, 5.74) is 1.02. The molecular weight excluding hydrogens is 474 g/mol. The number of sulfonamides is 2. The van der Waals surface area contributed by atoms with Crippen LogP contribution < -0.4 is 10.5 Å². The van der Waals surface area contributed by atoms with Gasteiger partial charge in [0, 0.05) is 25.2 Å². The molecule has 0 atom stereocenters. The summed E-state index contributed by atoms with van der Waals surface area (Å²) in [5.74, 6) is -0.421. The normalized spacial score (nSPS) is 15.8. The van der Waals surface area contributed by atoms with Crippen molar-refractivity contribution in [3.8, 4) is 0 Å². The number of nitrogens with two attached hydrogens (primary N) is 1. The molecule has 8 nitrogen and oxygen atoms in total. The van der Waals surface area contributed by atoms with Crippen LogP contribution in [0.2, 0.25) is 5.02 Å². The Morgan fingerprint density at radius 1 is 0.969 bits per heavy atom. The van der Waals surface area contributed by atoms with E-state index in [9.17, 15) is 21.6 Å². The average molecular weight is 500 g/mol. The fourth-order valence-corrected chi connectivity index (χ4v) is 6.06. The van der Waals surface area contributed by atoms with E-state index in [1.165, 1.54) is 34.6 Å². The van der Waals surface area contributed by atoms with E-state index >= 15 is 0 Å². The van der Waals surface area contributed by atoms with Gasteiger partial charge in [0.25, 0.3) is 5.91 Å². The van der Waals surface area contributed by atoms with Gasteiger partial charge < -0.3 is 5.32 Å². The first-order valence-electron chi connectivity index (χ1n) is 10.3. The molecule has 0 aromatic heterocycles. The third-order valence-corrected chi connectivity index (χ3v) is 8.64. The number of nitrogens with zero attached hydrogens (tertiary/aromatic N) is 1. The fraction of sp³-hybridized carbons (Fsp3) is 0.381. The van der Waals surface area contributed by atoms with Crippen molar-refractivity contribution in [3.63, 3.8) is 0 Å². The first-order valence-corrected chi connectivity index (χ1v) is 13.6. The van der Waals surface area contributed by atoms with E-state index in [1.54, 1.807) is 12.1 Å². The summed E-state index contributed by atoms with van der Waals surface area (Å²) in [6, 6.07) is 10.3. The smallest absolute Gasteiger partial charge is 0.251 e. The minimum atomic E-state index is -3.79. The van der Waals surface area contributed by atoms with E-state index in [4.69, 9.17) is 16.7 Å². The minimum absolute atomic E-state index is 0.0181. The van der Waals surface area contributed by atoms with Crippen LogP contribution in [-0.2, 0) is 26.5 Å². The van der Waals surface area contributed by atoms with Gasteiger partial charge in [0.1, 0.15) is 4.90 Å². The summed E-state index contributed by atoms with van der Waals surface area (Å²) in [6.45, 7) is 1.17. The number of amides is 1. The molecule has 1 saturated heterocycles. The Balaban J connectivity index is 1.67. The maximum absolute atomic E-state index is 13.1. The molecule has 0 spiro atoms. The molecule has 11 heteroatoms. The topological polar surface area (TPSA) is 127 Å². The Morgan fingerprint density at radius 3 is 2.19 bits per heavy atom. The highest BCUT2D eigenvalue weighted by Gasteiger charge is 2.28. The third-order valence-electron chi connectivity index (χ3n) is 5.33. The lowest BCUT2D eigenvalue weighted by Crippen LogP contribution is -2.32. The summed E-state index contributed by atoms with van der Waals surface area (Å²) >= 11 is 6.19. The number of nitrogens with one attached hydrogen (secondary N) is 1. The van der Waals surface area contributed by atoms with E-state index in [-0.39, 0.29) is 26.9 Å². The molecule has 1 aliphatic rings. The molecule has 1 aliphatic heterocycles. The zero-order valence-corrected chi connectivity index (χ0v) is 19.8. The van der Waals surface area contributed by atoms with E-state index in [2.05, 4.69) is 5.32 Å². The number of rotatable bonds is 7. The molecule has 0 bridgehead atoms. The first kappa shape index (κ1) is 24.7. The van der Waals surface area contributed by atoms with Crippen molar-refractivity contribution < 1.29 is 21.6 Å². The molecular formula is C21H26ClN3O5S2. The monoisotopic (exact) mass is 499 g/mol. The summed E-state index contributed by atoms with van der Waals surface area (Å²) < 4.78 is 50.2. The van der Waals surface area contributed by atoms with Gasteiger partial charge in [-0.25, -0.2) is 22.0 Å². The molecule has 1 heterocycles. The Labute approximate surface area is 193 Å². The second-order valence-electron chi connectivity index (χ2n) is 7.66. The van der Waals surface area contributed by atoms with Crippen LogP contribution in [0, 0.1) is 0 Å². The van der Waals surface area contributed by atoms with Crippen LogP contribution in [0.15, 0.2) is 52.3 Å². The number of hydrogen-bond donors (Lipinski definition) is 2. The maximum atomic E-state index is 13.1. The molecule has 0 aliphatic carbocycles. The van der Waals surface area contributed by atoms with Gasteiger partial charge in [-0.1, -0.05) is 36.6 Å². The molecule has 0 radical (unpaired) electrons. The number of carbonyl (C=O) groups is 1. The van der Waals surface area contributed by atoms with Crippen molar-refractivity contribution in [2.75, 3.05) is 19.6 Å². The summed E-state index contributed by atoms with van der Waals surface area (Å²) in [5, 5.41) is 7.91. The largest absolute Gasteiger partial charge is 0.352 e. The molecule has 3 rings (SSSR count). The van der Waals surface area contributed by atoms with E-state index in [0.717, 1.165) is 31.2 Å². The Hall–Kier alpha value is -1.98. The van der Waals surface area contributed by atoms with Crippen molar-refractivity contribution in [1.82, 2.24) is 9.62 Å². The molecule has 174 valence electrons. The second kappa shape index (κ2) is 10.3. The number of primary sulfonamides is 1. The highest BCUT2D eigenvalue weighted by molar-refractivity contribution is 7.89. The molecule has 2 aromatic carbocycles. The van der Waals surface area contributed by atoms with Gasteiger partial charge in [-0.15, -0.1) is 0 Å². The number of hydrogen-bond acceptors (Lipinski definition) is 5. The van der Waals surface area contributed by atoms with Gasteiger partial charge in [0.2, 0.25) is 20.0 Å². The number of halogens is 1. The predicted octanol–water partition coefficient (Wildman–Crippen LogP) is 2.52. The van der Waals surface area contributed by atoms with E-state index < -0.39 is 26.0 Å². The molecule has 32 heavy (non-hydrogen) atoms. The van der Waals surface area contributed by atoms with Crippen LogP contribution in [0.3, 0.4) is 0 Å². The zero-order valence-electron chi connectivity index (χ0n) is 17.5. The van der Waals surface area contributed by atoms with Gasteiger partial charge >= 0.3 is 0 Å². The van der Waals surface area contributed by atoms with E-state index in [0.29, 0.717) is 19.5 Å². The Kier molecular flexibility index (Phi) is 7.94. The third kappa shape index (κ3) is 6.08. The molecule has 1 amide bonds. The second-order valence-corrected chi connectivity index (χ2v) is 11.5. The van der Waals surface area contributed by atoms with Crippen LogP contribution in [0.1, 0.15) is 41.6 Å². The lowest BCUT2D eigenvalue weighted by atomic mass is 10.1. The van der Waals surface area contributed by atoms with Gasteiger partial charge in [0.05, 0.1) is 9.92 Å². The number of benzene rings is 2. The fourth-order valence-electron chi connectivity index (χ4n) is 3.53. The summed E-state index contributed by atoms with van der Waals surface area (Å²) in [4.78, 5) is 12.5. The van der Waals surface area contributed by atoms with Gasteiger partial charge in [0.15, 0.2) is 0 Å². The number of carbonyl (C=O) groups excluding carboxylic acids is 1. The van der Waals surface area contributed by atoms with Crippen molar-refractivity contribution in [2.45, 2.75) is 41.9 Å². The summed E-state index contributed by atoms with van der Waals surface area (Å²) in [6.07, 6.45) is 4.05. The standard InChI is InChI=1S/C21H26ClN3O5S2/c22-19-10-7-17(15-20(19)32(29,30)25-13-3-1-2-4-14-25)21(26)24-12-11-16-5-8-18(9-6-16)31(23,27)28/h5-10,15H,1-4,11-14H2,(H,24,26)(H2,23,27,28). The van der Waals surface area contributed by atoms with Gasteiger partial charge in [-0.05, 0) is 55.2 Å². The van der Waals surface area contributed by atoms with Crippen LogP contribution in [0.4, 0.5) is 0 Å². The minimum Gasteiger partial charge on any atom is -0.352 e. The molecule has 3 N–H and O–H groups in total. The van der Waals surface area contributed by atoms with Crippen LogP contribution in [0.25, 0.3) is 0 Å². The maximum Gasteiger partial charge on any atom is 0.251 e. The van der Waals surface area contributed by atoms with Crippen molar-refractivity contribution in [3.05, 3.63) is 58.6 Å². The zero-order chi connectivity index (χ0) is 23.4. The van der Waals surface area contributed by atoms with Crippen molar-refractivity contribution in [2.24, 2.45) is 5.14 Å². The van der Waals surface area contributed by atoms with Crippen LogP contribution in [-0.4, -0.2) is 46.7 Å². The lowest BCUT2D eigenvalue weighted by Gasteiger charge is -2.21. The summed E-state index contributed by atoms with van der Waals surface area (Å²) in [7, 11) is -7.54. The Bertz CT molecular complexity index is 1170. The first-order chi connectivity index (χ1) is 15.1. The molecule has 0 saturated carbocycles. The predicted molar refractivity (Wildman–Crippen MR) is 123 cm³/mol. The highest BCUT2D eigenvalue weighted by Crippen LogP contribution is 2.27. The van der Waals surface area contributed by atoms with Crippen molar-refractivity contribution >= 4 is 37.6 Å². The van der Waals surface area contributed by atoms with Gasteiger partial charge in [-0.3, -0.25) is 4.79 Å². The van der Waals surface area contributed by atoms with E-state index in [1.807, 2.05) is 0 Å².